The SMILES string of the molecule is CCNC(=NCCC(O)c1ccccc1)NCCN1CCCN(C)CC1.I. The highest BCUT2D eigenvalue weighted by molar-refractivity contribution is 14.0. The fraction of sp³-hybridized carbons (Fsp3) is 0.650. The van der Waals surface area contributed by atoms with E-state index in [2.05, 4.69) is 39.4 Å². The van der Waals surface area contributed by atoms with Gasteiger partial charge in [-0.3, -0.25) is 4.99 Å². The van der Waals surface area contributed by atoms with Crippen LogP contribution in [0.4, 0.5) is 0 Å². The first kappa shape index (κ1) is 24.1. The van der Waals surface area contributed by atoms with Gasteiger partial charge in [0.15, 0.2) is 5.96 Å². The number of hydrogen-bond donors (Lipinski definition) is 3. The molecule has 3 N–H and O–H groups in total. The van der Waals surface area contributed by atoms with Gasteiger partial charge in [-0.05, 0) is 45.5 Å². The van der Waals surface area contributed by atoms with Crippen LogP contribution in [0.2, 0.25) is 0 Å². The van der Waals surface area contributed by atoms with E-state index >= 15 is 0 Å². The Hall–Kier alpha value is -0.900. The first-order valence-corrected chi connectivity index (χ1v) is 9.85. The average Bonchev–Trinajstić information content (AvgIpc) is 2.86. The van der Waals surface area contributed by atoms with Crippen LogP contribution in [0.1, 0.15) is 31.4 Å². The maximum atomic E-state index is 10.2. The second-order valence-corrected chi connectivity index (χ2v) is 6.90. The summed E-state index contributed by atoms with van der Waals surface area (Å²) in [6.45, 7) is 10.1. The highest BCUT2D eigenvalue weighted by atomic mass is 127. The van der Waals surface area contributed by atoms with E-state index in [1.54, 1.807) is 0 Å². The molecule has 1 aliphatic rings. The Labute approximate surface area is 181 Å². The Morgan fingerprint density at radius 2 is 1.93 bits per heavy atom. The molecular weight excluding hydrogens is 453 g/mol. The van der Waals surface area contributed by atoms with Crippen LogP contribution < -0.4 is 10.6 Å². The van der Waals surface area contributed by atoms with Gasteiger partial charge in [-0.15, -0.1) is 24.0 Å². The number of aliphatic hydroxyl groups excluding tert-OH is 1. The second-order valence-electron chi connectivity index (χ2n) is 6.90. The van der Waals surface area contributed by atoms with Crippen LogP contribution in [0.5, 0.6) is 0 Å². The number of nitrogens with one attached hydrogen (secondary N) is 2. The molecule has 0 radical (unpaired) electrons. The predicted molar refractivity (Wildman–Crippen MR) is 124 cm³/mol. The molecule has 0 saturated carbocycles. The minimum atomic E-state index is -0.461. The molecule has 1 unspecified atom stereocenters. The second kappa shape index (κ2) is 14.1. The number of aliphatic hydroxyl groups is 1. The van der Waals surface area contributed by atoms with Gasteiger partial charge >= 0.3 is 0 Å². The molecule has 2 rings (SSSR count). The topological polar surface area (TPSA) is 63.1 Å². The molecule has 1 aromatic carbocycles. The Bertz CT molecular complexity index is 528. The zero-order valence-electron chi connectivity index (χ0n) is 16.7. The first-order valence-electron chi connectivity index (χ1n) is 9.85. The van der Waals surface area contributed by atoms with Crippen molar-refractivity contribution in [3.8, 4) is 0 Å². The molecule has 6 nitrogen and oxygen atoms in total. The van der Waals surface area contributed by atoms with E-state index in [-0.39, 0.29) is 24.0 Å². The van der Waals surface area contributed by atoms with Crippen LogP contribution in [0.15, 0.2) is 35.3 Å². The Morgan fingerprint density at radius 1 is 1.15 bits per heavy atom. The fourth-order valence-electron chi connectivity index (χ4n) is 3.14. The van der Waals surface area contributed by atoms with Crippen LogP contribution in [-0.2, 0) is 0 Å². The van der Waals surface area contributed by atoms with Crippen LogP contribution >= 0.6 is 24.0 Å². The summed E-state index contributed by atoms with van der Waals surface area (Å²) in [5.74, 6) is 0.833. The molecule has 0 spiro atoms. The van der Waals surface area contributed by atoms with Crippen molar-refractivity contribution >= 4 is 29.9 Å². The molecule has 1 aliphatic heterocycles. The summed E-state index contributed by atoms with van der Waals surface area (Å²) in [6, 6.07) is 9.78. The fourth-order valence-corrected chi connectivity index (χ4v) is 3.14. The monoisotopic (exact) mass is 489 g/mol. The number of likely N-dealkylation sites (N-methyl/N-ethyl adjacent to an activating group) is 1. The number of aliphatic imine (C=N–C) groups is 1. The van der Waals surface area contributed by atoms with Crippen LogP contribution in [0.25, 0.3) is 0 Å². The third-order valence-corrected chi connectivity index (χ3v) is 4.73. The maximum Gasteiger partial charge on any atom is 0.191 e. The normalized spacial score (nSPS) is 17.7. The highest BCUT2D eigenvalue weighted by Crippen LogP contribution is 2.15. The Balaban J connectivity index is 0.00000364. The summed E-state index contributed by atoms with van der Waals surface area (Å²) < 4.78 is 0. The molecule has 7 heteroatoms. The van der Waals surface area contributed by atoms with E-state index in [4.69, 9.17) is 0 Å². The summed E-state index contributed by atoms with van der Waals surface area (Å²) in [6.07, 6.45) is 1.40. The third-order valence-electron chi connectivity index (χ3n) is 4.73. The highest BCUT2D eigenvalue weighted by Gasteiger charge is 2.11. The molecule has 1 saturated heterocycles. The zero-order valence-corrected chi connectivity index (χ0v) is 19.1. The summed E-state index contributed by atoms with van der Waals surface area (Å²) in [7, 11) is 2.20. The van der Waals surface area contributed by atoms with Crippen LogP contribution in [-0.4, -0.2) is 80.3 Å². The number of rotatable bonds is 8. The van der Waals surface area contributed by atoms with E-state index in [0.717, 1.165) is 44.2 Å². The Kier molecular flexibility index (Phi) is 12.6. The lowest BCUT2D eigenvalue weighted by Crippen LogP contribution is -2.42. The molecule has 0 aromatic heterocycles. The third kappa shape index (κ3) is 9.73. The molecule has 1 fully saturated rings. The van der Waals surface area contributed by atoms with Gasteiger partial charge in [0, 0.05) is 39.3 Å². The number of guanidine groups is 1. The number of halogens is 1. The summed E-state index contributed by atoms with van der Waals surface area (Å²) in [4.78, 5) is 9.51. The largest absolute Gasteiger partial charge is 0.388 e. The van der Waals surface area contributed by atoms with Gasteiger partial charge in [-0.2, -0.15) is 0 Å². The summed E-state index contributed by atoms with van der Waals surface area (Å²) in [5, 5.41) is 16.9. The maximum absolute atomic E-state index is 10.2. The van der Waals surface area contributed by atoms with Gasteiger partial charge in [-0.1, -0.05) is 30.3 Å². The molecule has 1 aromatic rings. The van der Waals surface area contributed by atoms with Crippen molar-refractivity contribution in [3.63, 3.8) is 0 Å². The molecule has 0 bridgehead atoms. The van der Waals surface area contributed by atoms with Gasteiger partial charge in [0.05, 0.1) is 6.10 Å². The number of nitrogens with zero attached hydrogens (tertiary/aromatic N) is 3. The number of hydrogen-bond acceptors (Lipinski definition) is 4. The van der Waals surface area contributed by atoms with Crippen LogP contribution in [0.3, 0.4) is 0 Å². The molecule has 154 valence electrons. The van der Waals surface area contributed by atoms with Crippen molar-refractivity contribution in [1.82, 2.24) is 20.4 Å². The Morgan fingerprint density at radius 3 is 2.67 bits per heavy atom. The van der Waals surface area contributed by atoms with E-state index < -0.39 is 6.10 Å². The first-order chi connectivity index (χ1) is 12.7. The molecule has 0 amide bonds. The standard InChI is InChI=1S/C20H35N5O.HI/c1-3-21-20(22-11-10-19(26)18-8-5-4-6-9-18)23-12-15-25-14-7-13-24(2)16-17-25;/h4-6,8-9,19,26H,3,7,10-17H2,1-2H3,(H2,21,22,23);1H. The molecule has 1 heterocycles. The van der Waals surface area contributed by atoms with E-state index in [1.165, 1.54) is 19.5 Å². The van der Waals surface area contributed by atoms with Crippen molar-refractivity contribution in [2.45, 2.75) is 25.9 Å². The molecule has 0 aliphatic carbocycles. The van der Waals surface area contributed by atoms with Crippen molar-refractivity contribution in [1.29, 1.82) is 0 Å². The van der Waals surface area contributed by atoms with E-state index in [0.29, 0.717) is 13.0 Å². The van der Waals surface area contributed by atoms with Crippen molar-refractivity contribution in [2.75, 3.05) is 59.4 Å². The van der Waals surface area contributed by atoms with Crippen molar-refractivity contribution in [2.24, 2.45) is 4.99 Å². The number of benzene rings is 1. The van der Waals surface area contributed by atoms with E-state index in [1.807, 2.05) is 30.3 Å². The van der Waals surface area contributed by atoms with Crippen LogP contribution in [0, 0.1) is 0 Å². The van der Waals surface area contributed by atoms with Gasteiger partial charge in [0.2, 0.25) is 0 Å². The smallest absolute Gasteiger partial charge is 0.191 e. The van der Waals surface area contributed by atoms with Gasteiger partial charge in [0.1, 0.15) is 0 Å². The average molecular weight is 489 g/mol. The quantitative estimate of drug-likeness (QED) is 0.296. The van der Waals surface area contributed by atoms with Gasteiger partial charge < -0.3 is 25.5 Å². The lowest BCUT2D eigenvalue weighted by molar-refractivity contribution is 0.170. The summed E-state index contributed by atoms with van der Waals surface area (Å²) >= 11 is 0. The minimum absolute atomic E-state index is 0. The van der Waals surface area contributed by atoms with Crippen molar-refractivity contribution < 1.29 is 5.11 Å². The predicted octanol–water partition coefficient (Wildman–Crippen LogP) is 1.92. The van der Waals surface area contributed by atoms with Gasteiger partial charge in [-0.25, -0.2) is 0 Å². The summed E-state index contributed by atoms with van der Waals surface area (Å²) in [5.41, 5.74) is 0.951. The minimum Gasteiger partial charge on any atom is -0.388 e. The molecular formula is C20H36IN5O. The van der Waals surface area contributed by atoms with Crippen molar-refractivity contribution in [3.05, 3.63) is 35.9 Å². The van der Waals surface area contributed by atoms with E-state index in [9.17, 15) is 5.11 Å². The molecule has 1 atom stereocenters. The lowest BCUT2D eigenvalue weighted by Gasteiger charge is -2.21. The van der Waals surface area contributed by atoms with Gasteiger partial charge in [0.25, 0.3) is 0 Å². The lowest BCUT2D eigenvalue weighted by atomic mass is 10.1. The zero-order chi connectivity index (χ0) is 18.6. The molecule has 27 heavy (non-hydrogen) atoms.